The molecule has 0 saturated heterocycles. The molecule has 60 valence electrons. The summed E-state index contributed by atoms with van der Waals surface area (Å²) in [6.45, 7) is 8.67. The molecule has 1 unspecified atom stereocenters. The highest BCUT2D eigenvalue weighted by molar-refractivity contribution is 7.32. The number of hydrogen-bond acceptors (Lipinski definition) is 2. The third kappa shape index (κ3) is 25.5. The molecule has 1 atom stereocenters. The summed E-state index contributed by atoms with van der Waals surface area (Å²) in [5.41, 5.74) is 0. The van der Waals surface area contributed by atoms with E-state index in [1.165, 1.54) is 6.08 Å². The topological polar surface area (TPSA) is 46.5 Å². The smallest absolute Gasteiger partial charge is 0.316 e. The van der Waals surface area contributed by atoms with Gasteiger partial charge in [-0.05, 0) is 6.92 Å². The molecule has 0 fully saturated rings. The zero-order valence-corrected chi connectivity index (χ0v) is 7.04. The van der Waals surface area contributed by atoms with Crippen molar-refractivity contribution in [2.45, 2.75) is 6.92 Å². The van der Waals surface area contributed by atoms with E-state index >= 15 is 0 Å². The molecule has 0 aliphatic rings. The van der Waals surface area contributed by atoms with Crippen LogP contribution in [0.4, 0.5) is 0 Å². The average Bonchev–Trinajstić information content (AvgIpc) is 1.85. The molecule has 1 N–H and O–H groups in total. The lowest BCUT2D eigenvalue weighted by atomic mass is 10.7. The molecule has 0 saturated carbocycles. The Morgan fingerprint density at radius 2 is 2.10 bits per heavy atom. The standard InChI is InChI=1S/C3H7O3P.C3H6/c1-2-3-6-7(4)5;1-3-2/h2,7H,1,3H2,(H,4,5);3H,1H2,2H3. The van der Waals surface area contributed by atoms with Gasteiger partial charge in [-0.25, -0.2) is 0 Å². The lowest BCUT2D eigenvalue weighted by Gasteiger charge is -1.88. The zero-order valence-electron chi connectivity index (χ0n) is 6.04. The fourth-order valence-corrected chi connectivity index (χ4v) is 0.391. The molecule has 0 bridgehead atoms. The van der Waals surface area contributed by atoms with Gasteiger partial charge in [0.1, 0.15) is 0 Å². The van der Waals surface area contributed by atoms with Crippen molar-refractivity contribution in [3.8, 4) is 0 Å². The van der Waals surface area contributed by atoms with E-state index in [1.54, 1.807) is 6.08 Å². The van der Waals surface area contributed by atoms with Crippen LogP contribution < -0.4 is 0 Å². The molecule has 0 aliphatic carbocycles. The molecule has 0 radical (unpaired) electrons. The van der Waals surface area contributed by atoms with Crippen LogP contribution in [0.5, 0.6) is 0 Å². The van der Waals surface area contributed by atoms with E-state index in [9.17, 15) is 4.57 Å². The Balaban J connectivity index is 0. The van der Waals surface area contributed by atoms with Gasteiger partial charge < -0.3 is 9.42 Å². The Morgan fingerprint density at radius 1 is 1.70 bits per heavy atom. The summed E-state index contributed by atoms with van der Waals surface area (Å²) in [6, 6.07) is 0. The van der Waals surface area contributed by atoms with Crippen molar-refractivity contribution in [2.24, 2.45) is 0 Å². The predicted octanol–water partition coefficient (Wildman–Crippen LogP) is 1.76. The molecule has 0 amide bonds. The van der Waals surface area contributed by atoms with Crippen molar-refractivity contribution in [3.05, 3.63) is 25.3 Å². The van der Waals surface area contributed by atoms with Crippen molar-refractivity contribution in [1.29, 1.82) is 0 Å². The summed E-state index contributed by atoms with van der Waals surface area (Å²) >= 11 is 0. The maximum absolute atomic E-state index is 9.67. The van der Waals surface area contributed by atoms with E-state index in [2.05, 4.69) is 17.7 Å². The first-order valence-corrected chi connectivity index (χ1v) is 3.99. The highest BCUT2D eigenvalue weighted by Crippen LogP contribution is 2.12. The molecule has 4 heteroatoms. The molecule has 0 heterocycles. The van der Waals surface area contributed by atoms with Gasteiger partial charge in [0, 0.05) is 0 Å². The van der Waals surface area contributed by atoms with E-state index in [1.807, 2.05) is 6.92 Å². The van der Waals surface area contributed by atoms with Crippen LogP contribution in [-0.4, -0.2) is 11.5 Å². The molecular weight excluding hydrogens is 151 g/mol. The van der Waals surface area contributed by atoms with Crippen molar-refractivity contribution in [1.82, 2.24) is 0 Å². The van der Waals surface area contributed by atoms with Gasteiger partial charge in [0.2, 0.25) is 0 Å². The fraction of sp³-hybridized carbons (Fsp3) is 0.333. The summed E-state index contributed by atoms with van der Waals surface area (Å²) < 4.78 is 13.8. The van der Waals surface area contributed by atoms with Crippen molar-refractivity contribution < 1.29 is 14.0 Å². The van der Waals surface area contributed by atoms with Gasteiger partial charge in [-0.1, -0.05) is 12.2 Å². The van der Waals surface area contributed by atoms with Crippen molar-refractivity contribution in [2.75, 3.05) is 6.61 Å². The van der Waals surface area contributed by atoms with E-state index in [0.29, 0.717) is 0 Å². The average molecular weight is 164 g/mol. The van der Waals surface area contributed by atoms with E-state index in [-0.39, 0.29) is 6.61 Å². The maximum atomic E-state index is 9.67. The van der Waals surface area contributed by atoms with Crippen LogP contribution in [0.25, 0.3) is 0 Å². The highest BCUT2D eigenvalue weighted by atomic mass is 31.1. The lowest BCUT2D eigenvalue weighted by Crippen LogP contribution is -1.75. The number of rotatable bonds is 3. The van der Waals surface area contributed by atoms with E-state index in [4.69, 9.17) is 4.89 Å². The fourth-order valence-electron chi connectivity index (χ4n) is 0.130. The van der Waals surface area contributed by atoms with Gasteiger partial charge in [0.25, 0.3) is 0 Å². The maximum Gasteiger partial charge on any atom is 0.316 e. The summed E-state index contributed by atoms with van der Waals surface area (Å²) in [7, 11) is -2.72. The second-order valence-electron chi connectivity index (χ2n) is 1.27. The Labute approximate surface area is 62.0 Å². The Hall–Kier alpha value is -0.370. The predicted molar refractivity (Wildman–Crippen MR) is 43.2 cm³/mol. The van der Waals surface area contributed by atoms with Crippen molar-refractivity contribution in [3.63, 3.8) is 0 Å². The van der Waals surface area contributed by atoms with E-state index < -0.39 is 8.25 Å². The summed E-state index contributed by atoms with van der Waals surface area (Å²) in [4.78, 5) is 7.96. The van der Waals surface area contributed by atoms with Gasteiger partial charge in [-0.3, -0.25) is 4.57 Å². The molecule has 0 aromatic carbocycles. The van der Waals surface area contributed by atoms with Crippen LogP contribution >= 0.6 is 8.25 Å². The second-order valence-corrected chi connectivity index (χ2v) is 2.09. The molecule has 0 aliphatic heterocycles. The molecule has 0 rings (SSSR count). The largest absolute Gasteiger partial charge is 0.326 e. The quantitative estimate of drug-likeness (QED) is 0.510. The third-order valence-electron chi connectivity index (χ3n) is 0.325. The first-order valence-electron chi connectivity index (χ1n) is 2.72. The normalized spacial score (nSPS) is 10.6. The minimum absolute atomic E-state index is 0.147. The first-order chi connectivity index (χ1) is 4.68. The van der Waals surface area contributed by atoms with E-state index in [0.717, 1.165) is 0 Å². The van der Waals surface area contributed by atoms with Gasteiger partial charge in [0.05, 0.1) is 6.61 Å². The molecule has 10 heavy (non-hydrogen) atoms. The summed E-state index contributed by atoms with van der Waals surface area (Å²) in [5.74, 6) is 0. The van der Waals surface area contributed by atoms with Crippen LogP contribution in [0.3, 0.4) is 0 Å². The van der Waals surface area contributed by atoms with Crippen molar-refractivity contribution >= 4 is 8.25 Å². The Kier molecular flexibility index (Phi) is 14.1. The van der Waals surface area contributed by atoms with Gasteiger partial charge >= 0.3 is 8.25 Å². The SMILES string of the molecule is C=CC.C=CCO[PH](=O)O. The van der Waals surface area contributed by atoms with Gasteiger partial charge in [-0.15, -0.1) is 13.2 Å². The third-order valence-corrected chi connectivity index (χ3v) is 0.738. The first kappa shape index (κ1) is 12.3. The zero-order chi connectivity index (χ0) is 8.41. The minimum Gasteiger partial charge on any atom is -0.326 e. The van der Waals surface area contributed by atoms with Crippen LogP contribution in [0, 0.1) is 0 Å². The Bertz CT molecular complexity index is 112. The molecule has 0 spiro atoms. The Morgan fingerprint density at radius 3 is 2.20 bits per heavy atom. The summed E-state index contributed by atoms with van der Waals surface area (Å²) in [6.07, 6.45) is 3.17. The minimum atomic E-state index is -2.72. The van der Waals surface area contributed by atoms with Crippen LogP contribution in [0.15, 0.2) is 25.3 Å². The lowest BCUT2D eigenvalue weighted by molar-refractivity contribution is 0.312. The summed E-state index contributed by atoms with van der Waals surface area (Å²) in [5, 5.41) is 0. The number of hydrogen-bond donors (Lipinski definition) is 1. The van der Waals surface area contributed by atoms with Crippen LogP contribution in [0.2, 0.25) is 0 Å². The van der Waals surface area contributed by atoms with Gasteiger partial charge in [0.15, 0.2) is 0 Å². The molecular formula is C6H13O3P. The molecule has 3 nitrogen and oxygen atoms in total. The monoisotopic (exact) mass is 164 g/mol. The second kappa shape index (κ2) is 11.4. The van der Waals surface area contributed by atoms with Crippen LogP contribution in [-0.2, 0) is 9.09 Å². The molecule has 0 aromatic heterocycles. The van der Waals surface area contributed by atoms with Gasteiger partial charge in [-0.2, -0.15) is 0 Å². The number of allylic oxidation sites excluding steroid dienone is 1. The highest BCUT2D eigenvalue weighted by Gasteiger charge is 1.83. The molecule has 0 aromatic rings. The van der Waals surface area contributed by atoms with Crippen LogP contribution in [0.1, 0.15) is 6.92 Å².